The molecule has 2 rings (SSSR count). The zero-order valence-corrected chi connectivity index (χ0v) is 6.97. The summed E-state index contributed by atoms with van der Waals surface area (Å²) in [5.41, 5.74) is 0.774. The Labute approximate surface area is 75.2 Å². The van der Waals surface area contributed by atoms with Crippen LogP contribution in [0.25, 0.3) is 0 Å². The molecule has 4 nitrogen and oxygen atoms in total. The highest BCUT2D eigenvalue weighted by Gasteiger charge is 2.10. The topological polar surface area (TPSA) is 62.1 Å². The van der Waals surface area contributed by atoms with Gasteiger partial charge in [0.25, 0.3) is 0 Å². The number of imidazole rings is 1. The fourth-order valence-corrected chi connectivity index (χ4v) is 1.18. The molecule has 0 aromatic carbocycles. The van der Waals surface area contributed by atoms with Gasteiger partial charge >= 0.3 is 0 Å². The number of furan rings is 1. The Balaban J connectivity index is 2.04. The normalized spacial score (nSPS) is 13.0. The number of hydrogen-bond acceptors (Lipinski definition) is 3. The zero-order valence-electron chi connectivity index (χ0n) is 6.97. The van der Waals surface area contributed by atoms with Crippen molar-refractivity contribution in [1.82, 2.24) is 9.97 Å². The minimum absolute atomic E-state index is 0.479. The molecule has 0 spiro atoms. The third kappa shape index (κ3) is 1.78. The van der Waals surface area contributed by atoms with Crippen molar-refractivity contribution >= 4 is 0 Å². The van der Waals surface area contributed by atoms with E-state index in [4.69, 9.17) is 4.42 Å². The van der Waals surface area contributed by atoms with Gasteiger partial charge in [-0.05, 0) is 6.07 Å². The molecule has 0 aliphatic carbocycles. The highest BCUT2D eigenvalue weighted by molar-refractivity contribution is 5.10. The first kappa shape index (κ1) is 8.07. The summed E-state index contributed by atoms with van der Waals surface area (Å²) in [5, 5.41) is 9.66. The van der Waals surface area contributed by atoms with Crippen LogP contribution in [0.1, 0.15) is 17.5 Å². The van der Waals surface area contributed by atoms with Crippen molar-refractivity contribution in [3.8, 4) is 0 Å². The molecule has 2 aromatic heterocycles. The van der Waals surface area contributed by atoms with Gasteiger partial charge in [0.05, 0.1) is 18.6 Å². The molecule has 0 saturated heterocycles. The molecule has 1 unspecified atom stereocenters. The van der Waals surface area contributed by atoms with Crippen molar-refractivity contribution in [3.05, 3.63) is 42.4 Å². The number of aromatic nitrogens is 2. The van der Waals surface area contributed by atoms with Gasteiger partial charge in [0.2, 0.25) is 0 Å². The predicted octanol–water partition coefficient (Wildman–Crippen LogP) is 1.28. The SMILES string of the molecule is OC(Cc1ncc[nH]1)c1ccoc1. The summed E-state index contributed by atoms with van der Waals surface area (Å²) in [6.45, 7) is 0. The largest absolute Gasteiger partial charge is 0.472 e. The van der Waals surface area contributed by atoms with Crippen LogP contribution >= 0.6 is 0 Å². The Bertz CT molecular complexity index is 340. The van der Waals surface area contributed by atoms with Crippen molar-refractivity contribution in [3.63, 3.8) is 0 Å². The predicted molar refractivity (Wildman–Crippen MR) is 46.0 cm³/mol. The molecule has 0 aliphatic rings. The minimum atomic E-state index is -0.551. The molecule has 2 heterocycles. The Morgan fingerprint density at radius 1 is 1.62 bits per heavy atom. The molecule has 0 bridgehead atoms. The smallest absolute Gasteiger partial charge is 0.108 e. The van der Waals surface area contributed by atoms with Crippen LogP contribution in [0.15, 0.2) is 35.4 Å². The van der Waals surface area contributed by atoms with E-state index in [0.29, 0.717) is 6.42 Å². The lowest BCUT2D eigenvalue weighted by molar-refractivity contribution is 0.175. The van der Waals surface area contributed by atoms with Crippen LogP contribution < -0.4 is 0 Å². The van der Waals surface area contributed by atoms with E-state index in [9.17, 15) is 5.11 Å². The molecule has 1 atom stereocenters. The van der Waals surface area contributed by atoms with E-state index in [1.807, 2.05) is 0 Å². The van der Waals surface area contributed by atoms with E-state index in [1.54, 1.807) is 24.7 Å². The maximum absolute atomic E-state index is 9.66. The van der Waals surface area contributed by atoms with Crippen LogP contribution in [0, 0.1) is 0 Å². The van der Waals surface area contributed by atoms with Crippen molar-refractivity contribution in [1.29, 1.82) is 0 Å². The summed E-state index contributed by atoms with van der Waals surface area (Å²) in [7, 11) is 0. The van der Waals surface area contributed by atoms with Crippen LogP contribution in [0.2, 0.25) is 0 Å². The van der Waals surface area contributed by atoms with Crippen molar-refractivity contribution in [2.75, 3.05) is 0 Å². The molecule has 0 amide bonds. The monoisotopic (exact) mass is 178 g/mol. The molecule has 0 saturated carbocycles. The maximum atomic E-state index is 9.66. The van der Waals surface area contributed by atoms with Gasteiger partial charge in [0.15, 0.2) is 0 Å². The highest BCUT2D eigenvalue weighted by atomic mass is 16.3. The Hall–Kier alpha value is -1.55. The Morgan fingerprint density at radius 2 is 2.54 bits per heavy atom. The first-order chi connectivity index (χ1) is 6.36. The average Bonchev–Trinajstić information content (AvgIpc) is 2.74. The zero-order chi connectivity index (χ0) is 9.10. The van der Waals surface area contributed by atoms with Gasteiger partial charge in [-0.15, -0.1) is 0 Å². The lowest BCUT2D eigenvalue weighted by Crippen LogP contribution is -2.01. The summed E-state index contributed by atoms with van der Waals surface area (Å²) in [6, 6.07) is 1.74. The summed E-state index contributed by atoms with van der Waals surface area (Å²) >= 11 is 0. The molecule has 0 aliphatic heterocycles. The maximum Gasteiger partial charge on any atom is 0.108 e. The summed E-state index contributed by atoms with van der Waals surface area (Å²) in [5.74, 6) is 0.772. The number of hydrogen-bond donors (Lipinski definition) is 2. The van der Waals surface area contributed by atoms with Gasteiger partial charge < -0.3 is 14.5 Å². The van der Waals surface area contributed by atoms with E-state index < -0.39 is 6.10 Å². The van der Waals surface area contributed by atoms with Crippen molar-refractivity contribution in [2.24, 2.45) is 0 Å². The molecule has 13 heavy (non-hydrogen) atoms. The molecule has 0 radical (unpaired) electrons. The van der Waals surface area contributed by atoms with Crippen LogP contribution in [-0.4, -0.2) is 15.1 Å². The first-order valence-corrected chi connectivity index (χ1v) is 4.04. The Kier molecular flexibility index (Phi) is 2.14. The van der Waals surface area contributed by atoms with E-state index in [-0.39, 0.29) is 0 Å². The summed E-state index contributed by atoms with van der Waals surface area (Å²) in [6.07, 6.45) is 6.40. The second-order valence-electron chi connectivity index (χ2n) is 2.81. The number of nitrogens with one attached hydrogen (secondary N) is 1. The third-order valence-corrected chi connectivity index (χ3v) is 1.87. The van der Waals surface area contributed by atoms with E-state index in [0.717, 1.165) is 11.4 Å². The number of aliphatic hydroxyl groups is 1. The Morgan fingerprint density at radius 3 is 3.15 bits per heavy atom. The number of nitrogens with zero attached hydrogens (tertiary/aromatic N) is 1. The van der Waals surface area contributed by atoms with Crippen LogP contribution in [0.4, 0.5) is 0 Å². The number of H-pyrrole nitrogens is 1. The molecule has 2 N–H and O–H groups in total. The quantitative estimate of drug-likeness (QED) is 0.744. The molecule has 4 heteroatoms. The fourth-order valence-electron chi connectivity index (χ4n) is 1.18. The fraction of sp³-hybridized carbons (Fsp3) is 0.222. The lowest BCUT2D eigenvalue weighted by Gasteiger charge is -2.04. The molecular formula is C9H10N2O2. The van der Waals surface area contributed by atoms with Gasteiger partial charge in [0.1, 0.15) is 5.82 Å². The number of aliphatic hydroxyl groups excluding tert-OH is 1. The number of aromatic amines is 1. The lowest BCUT2D eigenvalue weighted by atomic mass is 10.1. The van der Waals surface area contributed by atoms with Crippen molar-refractivity contribution < 1.29 is 9.52 Å². The van der Waals surface area contributed by atoms with Crippen LogP contribution in [0.5, 0.6) is 0 Å². The van der Waals surface area contributed by atoms with Crippen LogP contribution in [0.3, 0.4) is 0 Å². The van der Waals surface area contributed by atoms with Gasteiger partial charge in [-0.3, -0.25) is 0 Å². The average molecular weight is 178 g/mol. The van der Waals surface area contributed by atoms with E-state index in [2.05, 4.69) is 9.97 Å². The highest BCUT2D eigenvalue weighted by Crippen LogP contribution is 2.16. The summed E-state index contributed by atoms with van der Waals surface area (Å²) in [4.78, 5) is 6.95. The molecule has 2 aromatic rings. The number of rotatable bonds is 3. The van der Waals surface area contributed by atoms with Crippen molar-refractivity contribution in [2.45, 2.75) is 12.5 Å². The van der Waals surface area contributed by atoms with Gasteiger partial charge in [-0.25, -0.2) is 4.98 Å². The first-order valence-electron chi connectivity index (χ1n) is 4.04. The summed E-state index contributed by atoms with van der Waals surface area (Å²) < 4.78 is 4.86. The van der Waals surface area contributed by atoms with Gasteiger partial charge in [-0.2, -0.15) is 0 Å². The molecule has 0 fully saturated rings. The minimum Gasteiger partial charge on any atom is -0.472 e. The van der Waals surface area contributed by atoms with Crippen LogP contribution in [-0.2, 0) is 6.42 Å². The van der Waals surface area contributed by atoms with E-state index >= 15 is 0 Å². The molecular weight excluding hydrogens is 168 g/mol. The van der Waals surface area contributed by atoms with Gasteiger partial charge in [0, 0.05) is 24.4 Å². The third-order valence-electron chi connectivity index (χ3n) is 1.87. The standard InChI is InChI=1S/C9H10N2O2/c12-8(7-1-4-13-6-7)5-9-10-2-3-11-9/h1-4,6,8,12H,5H2,(H,10,11). The second kappa shape index (κ2) is 3.45. The second-order valence-corrected chi connectivity index (χ2v) is 2.81. The van der Waals surface area contributed by atoms with Gasteiger partial charge in [-0.1, -0.05) is 0 Å². The van der Waals surface area contributed by atoms with E-state index in [1.165, 1.54) is 6.26 Å². The molecule has 68 valence electrons.